The zero-order valence-corrected chi connectivity index (χ0v) is 14.5. The molecule has 0 bridgehead atoms. The summed E-state index contributed by atoms with van der Waals surface area (Å²) >= 11 is 0. The first-order chi connectivity index (χ1) is 12.7. The van der Waals surface area contributed by atoms with Gasteiger partial charge in [0.15, 0.2) is 5.69 Å². The van der Waals surface area contributed by atoms with Crippen LogP contribution in [0.1, 0.15) is 41.7 Å². The number of fused-ring (bicyclic) bond motifs is 1. The second-order valence-corrected chi connectivity index (χ2v) is 6.98. The molecule has 0 aliphatic heterocycles. The van der Waals surface area contributed by atoms with E-state index in [-0.39, 0.29) is 22.6 Å². The first kappa shape index (κ1) is 16.5. The molecule has 26 heavy (non-hydrogen) atoms. The Kier molecular flexibility index (Phi) is 4.29. The quantitative estimate of drug-likeness (QED) is 0.761. The summed E-state index contributed by atoms with van der Waals surface area (Å²) in [5, 5.41) is 10.5. The molecule has 0 radical (unpaired) electrons. The van der Waals surface area contributed by atoms with Crippen molar-refractivity contribution in [1.29, 1.82) is 0 Å². The predicted molar refractivity (Wildman–Crippen MR) is 101 cm³/mol. The van der Waals surface area contributed by atoms with Crippen LogP contribution in [-0.4, -0.2) is 22.6 Å². The van der Waals surface area contributed by atoms with Crippen LogP contribution in [0.5, 0.6) is 0 Å². The van der Waals surface area contributed by atoms with Gasteiger partial charge in [-0.25, -0.2) is 5.10 Å². The first-order valence-corrected chi connectivity index (χ1v) is 9.01. The molecule has 132 valence electrons. The summed E-state index contributed by atoms with van der Waals surface area (Å²) < 4.78 is 0. The minimum absolute atomic E-state index is 0.0189. The molecule has 1 amide bonds. The maximum absolute atomic E-state index is 12.8. The average Bonchev–Trinajstić information content (AvgIpc) is 3.18. The molecule has 1 aliphatic rings. The van der Waals surface area contributed by atoms with Gasteiger partial charge in [0.2, 0.25) is 0 Å². The fourth-order valence-corrected chi connectivity index (χ4v) is 4.03. The van der Waals surface area contributed by atoms with Gasteiger partial charge < -0.3 is 5.32 Å². The Morgan fingerprint density at radius 2 is 1.65 bits per heavy atom. The zero-order valence-electron chi connectivity index (χ0n) is 14.5. The second-order valence-electron chi connectivity index (χ2n) is 6.98. The molecular weight excluding hydrogens is 326 g/mol. The lowest BCUT2D eigenvalue weighted by Gasteiger charge is -2.30. The van der Waals surface area contributed by atoms with Crippen molar-refractivity contribution < 1.29 is 4.79 Å². The first-order valence-electron chi connectivity index (χ1n) is 9.01. The van der Waals surface area contributed by atoms with Gasteiger partial charge in [-0.2, -0.15) is 5.10 Å². The fourth-order valence-electron chi connectivity index (χ4n) is 4.03. The molecule has 4 rings (SSSR count). The molecule has 1 heterocycles. The molecule has 5 heteroatoms. The molecule has 0 atom stereocenters. The van der Waals surface area contributed by atoms with Crippen molar-refractivity contribution in [3.05, 3.63) is 76.2 Å². The standard InChI is InChI=1S/C21H21N3O2/c25-19-17-11-5-4-10-16(17)18(23-24-19)20(26)22-14-21(12-6-7-13-21)15-8-2-1-3-9-15/h1-5,8-11H,6-7,12-14H2,(H,22,26)(H,24,25). The van der Waals surface area contributed by atoms with E-state index in [2.05, 4.69) is 27.6 Å². The SMILES string of the molecule is O=C(NCC1(c2ccccc2)CCCC1)c1n[nH]c(=O)c2ccccc12. The van der Waals surface area contributed by atoms with Crippen molar-refractivity contribution in [3.8, 4) is 0 Å². The van der Waals surface area contributed by atoms with E-state index in [1.807, 2.05) is 24.3 Å². The van der Waals surface area contributed by atoms with E-state index >= 15 is 0 Å². The van der Waals surface area contributed by atoms with Gasteiger partial charge in [-0.1, -0.05) is 61.4 Å². The summed E-state index contributed by atoms with van der Waals surface area (Å²) in [6.07, 6.45) is 4.48. The highest BCUT2D eigenvalue weighted by atomic mass is 16.2. The van der Waals surface area contributed by atoms with Crippen molar-refractivity contribution in [3.63, 3.8) is 0 Å². The van der Waals surface area contributed by atoms with Crippen LogP contribution < -0.4 is 10.9 Å². The van der Waals surface area contributed by atoms with E-state index in [4.69, 9.17) is 0 Å². The lowest BCUT2D eigenvalue weighted by molar-refractivity contribution is 0.0939. The highest BCUT2D eigenvalue weighted by Crippen LogP contribution is 2.40. The van der Waals surface area contributed by atoms with E-state index < -0.39 is 0 Å². The summed E-state index contributed by atoms with van der Waals surface area (Å²) in [5.74, 6) is -0.250. The summed E-state index contributed by atoms with van der Waals surface area (Å²) in [6, 6.07) is 17.5. The molecule has 1 saturated carbocycles. The Labute approximate surface area is 151 Å². The molecule has 1 fully saturated rings. The zero-order chi connectivity index (χ0) is 18.0. The van der Waals surface area contributed by atoms with E-state index in [0.29, 0.717) is 17.3 Å². The van der Waals surface area contributed by atoms with Crippen LogP contribution in [0.25, 0.3) is 10.8 Å². The Hall–Kier alpha value is -2.95. The third-order valence-electron chi connectivity index (χ3n) is 5.45. The lowest BCUT2D eigenvalue weighted by Crippen LogP contribution is -2.39. The Morgan fingerprint density at radius 1 is 1.00 bits per heavy atom. The van der Waals surface area contributed by atoms with Gasteiger partial charge in [0, 0.05) is 17.3 Å². The molecule has 0 spiro atoms. The summed E-state index contributed by atoms with van der Waals surface area (Å²) in [4.78, 5) is 24.7. The fraction of sp³-hybridized carbons (Fsp3) is 0.286. The second kappa shape index (κ2) is 6.75. The van der Waals surface area contributed by atoms with Crippen molar-refractivity contribution >= 4 is 16.7 Å². The van der Waals surface area contributed by atoms with Crippen LogP contribution in [0.15, 0.2) is 59.4 Å². The summed E-state index contributed by atoms with van der Waals surface area (Å²) in [5.41, 5.74) is 1.24. The van der Waals surface area contributed by atoms with Gasteiger partial charge >= 0.3 is 0 Å². The van der Waals surface area contributed by atoms with E-state index in [1.165, 1.54) is 18.4 Å². The highest BCUT2D eigenvalue weighted by Gasteiger charge is 2.36. The van der Waals surface area contributed by atoms with Crippen molar-refractivity contribution in [1.82, 2.24) is 15.5 Å². The van der Waals surface area contributed by atoms with Crippen LogP contribution in [0.4, 0.5) is 0 Å². The normalized spacial score (nSPS) is 15.8. The molecule has 0 unspecified atom stereocenters. The highest BCUT2D eigenvalue weighted by molar-refractivity contribution is 6.04. The third kappa shape index (κ3) is 2.90. The van der Waals surface area contributed by atoms with Gasteiger partial charge in [-0.05, 0) is 24.5 Å². The van der Waals surface area contributed by atoms with Gasteiger partial charge in [-0.15, -0.1) is 0 Å². The number of aromatic nitrogens is 2. The smallest absolute Gasteiger partial charge is 0.272 e. The Bertz CT molecular complexity index is 989. The summed E-state index contributed by atoms with van der Waals surface area (Å²) in [6.45, 7) is 0.574. The van der Waals surface area contributed by atoms with E-state index in [9.17, 15) is 9.59 Å². The molecule has 2 aromatic carbocycles. The monoisotopic (exact) mass is 347 g/mol. The number of hydrogen-bond donors (Lipinski definition) is 2. The van der Waals surface area contributed by atoms with Crippen LogP contribution in [0.3, 0.4) is 0 Å². The van der Waals surface area contributed by atoms with Gasteiger partial charge in [-0.3, -0.25) is 9.59 Å². The van der Waals surface area contributed by atoms with Crippen LogP contribution in [0, 0.1) is 0 Å². The van der Waals surface area contributed by atoms with Crippen molar-refractivity contribution in [2.45, 2.75) is 31.1 Å². The van der Waals surface area contributed by atoms with Crippen LogP contribution >= 0.6 is 0 Å². The van der Waals surface area contributed by atoms with Gasteiger partial charge in [0.05, 0.1) is 5.39 Å². The molecule has 0 saturated heterocycles. The number of nitrogens with one attached hydrogen (secondary N) is 2. The van der Waals surface area contributed by atoms with Crippen molar-refractivity contribution in [2.75, 3.05) is 6.54 Å². The van der Waals surface area contributed by atoms with Crippen LogP contribution in [-0.2, 0) is 5.41 Å². The van der Waals surface area contributed by atoms with E-state index in [0.717, 1.165) is 12.8 Å². The lowest BCUT2D eigenvalue weighted by atomic mass is 9.79. The number of carbonyl (C=O) groups is 1. The molecule has 3 aromatic rings. The minimum Gasteiger partial charge on any atom is -0.350 e. The maximum Gasteiger partial charge on any atom is 0.272 e. The van der Waals surface area contributed by atoms with Crippen molar-refractivity contribution in [2.24, 2.45) is 0 Å². The largest absolute Gasteiger partial charge is 0.350 e. The average molecular weight is 347 g/mol. The number of hydrogen-bond acceptors (Lipinski definition) is 3. The third-order valence-corrected chi connectivity index (χ3v) is 5.45. The number of aromatic amines is 1. The number of carbonyl (C=O) groups excluding carboxylic acids is 1. The van der Waals surface area contributed by atoms with Gasteiger partial charge in [0.25, 0.3) is 11.5 Å². The van der Waals surface area contributed by atoms with Gasteiger partial charge in [0.1, 0.15) is 0 Å². The number of nitrogens with zero attached hydrogens (tertiary/aromatic N) is 1. The Morgan fingerprint density at radius 3 is 2.38 bits per heavy atom. The topological polar surface area (TPSA) is 74.8 Å². The molecule has 5 nitrogen and oxygen atoms in total. The van der Waals surface area contributed by atoms with E-state index in [1.54, 1.807) is 18.2 Å². The molecule has 2 N–H and O–H groups in total. The molecule has 1 aliphatic carbocycles. The minimum atomic E-state index is -0.284. The number of rotatable bonds is 4. The Balaban J connectivity index is 1.61. The number of benzene rings is 2. The predicted octanol–water partition coefficient (Wildman–Crippen LogP) is 3.16. The maximum atomic E-state index is 12.8. The number of amides is 1. The molecular formula is C21H21N3O2. The number of H-pyrrole nitrogens is 1. The summed E-state index contributed by atoms with van der Waals surface area (Å²) in [7, 11) is 0. The van der Waals surface area contributed by atoms with Crippen LogP contribution in [0.2, 0.25) is 0 Å². The molecule has 1 aromatic heterocycles.